The summed E-state index contributed by atoms with van der Waals surface area (Å²) in [5.41, 5.74) is -0.00191. The molecule has 0 aliphatic rings. The lowest BCUT2D eigenvalue weighted by Gasteiger charge is -2.08. The van der Waals surface area contributed by atoms with E-state index in [1.54, 1.807) is 6.07 Å². The maximum atomic E-state index is 13.3. The zero-order valence-electron chi connectivity index (χ0n) is 10.8. The molecular weight excluding hydrogens is 249 g/mol. The van der Waals surface area contributed by atoms with E-state index in [1.807, 2.05) is 6.92 Å². The number of hydrogen-bond donors (Lipinski definition) is 3. The van der Waals surface area contributed by atoms with Crippen LogP contribution in [-0.2, 0) is 0 Å². The van der Waals surface area contributed by atoms with Crippen molar-refractivity contribution in [2.75, 3.05) is 19.6 Å². The Labute approximate surface area is 111 Å². The lowest BCUT2D eigenvalue weighted by atomic mass is 10.2. The maximum Gasteiger partial charge on any atom is 0.314 e. The molecule has 0 saturated heterocycles. The van der Waals surface area contributed by atoms with Crippen molar-refractivity contribution in [2.24, 2.45) is 0 Å². The number of benzene rings is 1. The predicted octanol–water partition coefficient (Wildman–Crippen LogP) is 1.26. The minimum absolute atomic E-state index is 0.00191. The zero-order chi connectivity index (χ0) is 14.1. The third-order valence-electron chi connectivity index (χ3n) is 2.35. The van der Waals surface area contributed by atoms with Gasteiger partial charge in [-0.25, -0.2) is 9.18 Å². The molecule has 19 heavy (non-hydrogen) atoms. The second-order valence-corrected chi connectivity index (χ2v) is 3.92. The molecule has 1 rings (SSSR count). The molecule has 104 valence electrons. The topological polar surface area (TPSA) is 70.2 Å². The number of rotatable bonds is 6. The highest BCUT2D eigenvalue weighted by molar-refractivity contribution is 5.94. The van der Waals surface area contributed by atoms with E-state index in [0.29, 0.717) is 6.54 Å². The second-order valence-electron chi connectivity index (χ2n) is 3.92. The standard InChI is InChI=1S/C13H18FN3O2/c1-2-7-16-13(19)17-9-8-15-12(18)10-5-3-4-6-11(10)14/h3-6H,2,7-9H2,1H3,(H,15,18)(H2,16,17,19). The molecule has 0 atom stereocenters. The fourth-order valence-corrected chi connectivity index (χ4v) is 1.39. The highest BCUT2D eigenvalue weighted by Crippen LogP contribution is 2.05. The Hall–Kier alpha value is -2.11. The van der Waals surface area contributed by atoms with Crippen LogP contribution in [0, 0.1) is 5.82 Å². The predicted molar refractivity (Wildman–Crippen MR) is 70.4 cm³/mol. The lowest BCUT2D eigenvalue weighted by Crippen LogP contribution is -2.40. The van der Waals surface area contributed by atoms with Crippen LogP contribution in [0.2, 0.25) is 0 Å². The summed E-state index contributed by atoms with van der Waals surface area (Å²) in [6.45, 7) is 3.09. The number of halogens is 1. The van der Waals surface area contributed by atoms with E-state index in [1.165, 1.54) is 18.2 Å². The van der Waals surface area contributed by atoms with Crippen LogP contribution < -0.4 is 16.0 Å². The van der Waals surface area contributed by atoms with Crippen molar-refractivity contribution < 1.29 is 14.0 Å². The molecule has 0 unspecified atom stereocenters. The Morgan fingerprint density at radius 2 is 1.68 bits per heavy atom. The summed E-state index contributed by atoms with van der Waals surface area (Å²) in [7, 11) is 0. The largest absolute Gasteiger partial charge is 0.350 e. The molecule has 0 aliphatic carbocycles. The minimum atomic E-state index is -0.561. The van der Waals surface area contributed by atoms with Gasteiger partial charge < -0.3 is 16.0 Å². The Balaban J connectivity index is 2.25. The molecule has 0 radical (unpaired) electrons. The van der Waals surface area contributed by atoms with Gasteiger partial charge in [-0.1, -0.05) is 19.1 Å². The van der Waals surface area contributed by atoms with Gasteiger partial charge in [0.25, 0.3) is 5.91 Å². The number of carbonyl (C=O) groups is 2. The van der Waals surface area contributed by atoms with Crippen molar-refractivity contribution in [3.63, 3.8) is 0 Å². The summed E-state index contributed by atoms with van der Waals surface area (Å²) in [6.07, 6.45) is 0.859. The van der Waals surface area contributed by atoms with Crippen molar-refractivity contribution in [3.8, 4) is 0 Å². The molecule has 6 heteroatoms. The average molecular weight is 267 g/mol. The summed E-state index contributed by atoms with van der Waals surface area (Å²) >= 11 is 0. The van der Waals surface area contributed by atoms with Gasteiger partial charge in [-0.05, 0) is 18.6 Å². The molecular formula is C13H18FN3O2. The number of carbonyl (C=O) groups excluding carboxylic acids is 2. The van der Waals surface area contributed by atoms with Crippen LogP contribution in [0.1, 0.15) is 23.7 Å². The first-order chi connectivity index (χ1) is 9.15. The molecule has 0 saturated carbocycles. The second kappa shape index (κ2) is 8.07. The smallest absolute Gasteiger partial charge is 0.314 e. The average Bonchev–Trinajstić information content (AvgIpc) is 2.41. The Bertz CT molecular complexity index is 438. The molecule has 0 aromatic heterocycles. The number of hydrogen-bond acceptors (Lipinski definition) is 2. The van der Waals surface area contributed by atoms with Crippen molar-refractivity contribution >= 4 is 11.9 Å². The molecule has 0 fully saturated rings. The molecule has 3 amide bonds. The van der Waals surface area contributed by atoms with Crippen molar-refractivity contribution in [3.05, 3.63) is 35.6 Å². The van der Waals surface area contributed by atoms with Gasteiger partial charge in [-0.3, -0.25) is 4.79 Å². The van der Waals surface area contributed by atoms with E-state index < -0.39 is 11.7 Å². The summed E-state index contributed by atoms with van der Waals surface area (Å²) < 4.78 is 13.3. The van der Waals surface area contributed by atoms with Crippen LogP contribution >= 0.6 is 0 Å². The van der Waals surface area contributed by atoms with E-state index in [9.17, 15) is 14.0 Å². The first-order valence-electron chi connectivity index (χ1n) is 6.19. The molecule has 0 aliphatic heterocycles. The van der Waals surface area contributed by atoms with E-state index >= 15 is 0 Å². The third kappa shape index (κ3) is 5.37. The Morgan fingerprint density at radius 3 is 2.37 bits per heavy atom. The first kappa shape index (κ1) is 14.9. The number of urea groups is 1. The van der Waals surface area contributed by atoms with Gasteiger partial charge in [-0.15, -0.1) is 0 Å². The van der Waals surface area contributed by atoms with Crippen molar-refractivity contribution in [1.82, 2.24) is 16.0 Å². The van der Waals surface area contributed by atoms with Crippen molar-refractivity contribution in [2.45, 2.75) is 13.3 Å². The van der Waals surface area contributed by atoms with Gasteiger partial charge in [0.15, 0.2) is 0 Å². The number of amides is 3. The molecule has 0 spiro atoms. The fourth-order valence-electron chi connectivity index (χ4n) is 1.39. The monoisotopic (exact) mass is 267 g/mol. The van der Waals surface area contributed by atoms with Crippen LogP contribution in [0.3, 0.4) is 0 Å². The fraction of sp³-hybridized carbons (Fsp3) is 0.385. The Morgan fingerprint density at radius 1 is 1.05 bits per heavy atom. The summed E-state index contributed by atoms with van der Waals surface area (Å²) in [4.78, 5) is 22.8. The van der Waals surface area contributed by atoms with Crippen LogP contribution in [0.5, 0.6) is 0 Å². The van der Waals surface area contributed by atoms with Gasteiger partial charge in [0.05, 0.1) is 5.56 Å². The van der Waals surface area contributed by atoms with E-state index in [2.05, 4.69) is 16.0 Å². The molecule has 0 bridgehead atoms. The summed E-state index contributed by atoms with van der Waals surface area (Å²) in [5.74, 6) is -1.05. The van der Waals surface area contributed by atoms with Gasteiger partial charge in [-0.2, -0.15) is 0 Å². The SMILES string of the molecule is CCCNC(=O)NCCNC(=O)c1ccccc1F. The third-order valence-corrected chi connectivity index (χ3v) is 2.35. The van der Waals surface area contributed by atoms with Gasteiger partial charge in [0.2, 0.25) is 0 Å². The van der Waals surface area contributed by atoms with E-state index in [0.717, 1.165) is 6.42 Å². The summed E-state index contributed by atoms with van der Waals surface area (Å²) in [6, 6.07) is 5.47. The van der Waals surface area contributed by atoms with E-state index in [4.69, 9.17) is 0 Å². The lowest BCUT2D eigenvalue weighted by molar-refractivity contribution is 0.0950. The Kier molecular flexibility index (Phi) is 6.35. The summed E-state index contributed by atoms with van der Waals surface area (Å²) in [5, 5.41) is 7.75. The molecule has 0 heterocycles. The normalized spacial score (nSPS) is 9.79. The minimum Gasteiger partial charge on any atom is -0.350 e. The van der Waals surface area contributed by atoms with Gasteiger partial charge in [0.1, 0.15) is 5.82 Å². The first-order valence-corrected chi connectivity index (χ1v) is 6.19. The van der Waals surface area contributed by atoms with Crippen LogP contribution in [0.15, 0.2) is 24.3 Å². The molecule has 5 nitrogen and oxygen atoms in total. The number of nitrogens with one attached hydrogen (secondary N) is 3. The quantitative estimate of drug-likeness (QED) is 0.679. The van der Waals surface area contributed by atoms with Crippen LogP contribution in [0.25, 0.3) is 0 Å². The van der Waals surface area contributed by atoms with Crippen LogP contribution in [-0.4, -0.2) is 31.6 Å². The zero-order valence-corrected chi connectivity index (χ0v) is 10.8. The van der Waals surface area contributed by atoms with Gasteiger partial charge >= 0.3 is 6.03 Å². The van der Waals surface area contributed by atoms with Crippen LogP contribution in [0.4, 0.5) is 9.18 Å². The highest BCUT2D eigenvalue weighted by Gasteiger charge is 2.09. The van der Waals surface area contributed by atoms with Crippen molar-refractivity contribution in [1.29, 1.82) is 0 Å². The molecule has 1 aromatic rings. The highest BCUT2D eigenvalue weighted by atomic mass is 19.1. The van der Waals surface area contributed by atoms with E-state index in [-0.39, 0.29) is 24.7 Å². The maximum absolute atomic E-state index is 13.3. The molecule has 1 aromatic carbocycles. The van der Waals surface area contributed by atoms with Gasteiger partial charge in [0, 0.05) is 19.6 Å². The molecule has 3 N–H and O–H groups in total.